The van der Waals surface area contributed by atoms with Crippen molar-refractivity contribution in [3.63, 3.8) is 0 Å². The van der Waals surface area contributed by atoms with E-state index in [4.69, 9.17) is 14.2 Å². The number of aromatic nitrogens is 1. The predicted octanol–water partition coefficient (Wildman–Crippen LogP) is 3.78. The highest BCUT2D eigenvalue weighted by Crippen LogP contribution is 2.44. The number of hydrogen-bond acceptors (Lipinski definition) is 5. The largest absolute Gasteiger partial charge is 0.497 e. The number of fused-ring (bicyclic) bond motifs is 4. The molecule has 8 nitrogen and oxygen atoms in total. The summed E-state index contributed by atoms with van der Waals surface area (Å²) in [5.74, 6) is 1.69. The second kappa shape index (κ2) is 8.64. The summed E-state index contributed by atoms with van der Waals surface area (Å²) in [6.07, 6.45) is 0. The zero-order valence-corrected chi connectivity index (χ0v) is 20.0. The molecule has 0 unspecified atom stereocenters. The molecule has 0 radical (unpaired) electrons. The molecular weight excluding hydrogens is 458 g/mol. The molecule has 1 aromatic heterocycles. The Balaban J connectivity index is 1.30. The quantitative estimate of drug-likeness (QED) is 0.452. The van der Waals surface area contributed by atoms with Gasteiger partial charge in [0, 0.05) is 30.1 Å². The van der Waals surface area contributed by atoms with E-state index in [1.807, 2.05) is 78.3 Å². The lowest BCUT2D eigenvalue weighted by molar-refractivity contribution is -0.122. The fourth-order valence-corrected chi connectivity index (χ4v) is 5.13. The summed E-state index contributed by atoms with van der Waals surface area (Å²) in [7, 11) is 3.51. The summed E-state index contributed by atoms with van der Waals surface area (Å²) >= 11 is 0. The Morgan fingerprint density at radius 2 is 1.83 bits per heavy atom. The molecule has 182 valence electrons. The Labute approximate surface area is 208 Å². The van der Waals surface area contributed by atoms with Crippen LogP contribution >= 0.6 is 0 Å². The van der Waals surface area contributed by atoms with Crippen molar-refractivity contribution in [2.45, 2.75) is 12.6 Å². The van der Waals surface area contributed by atoms with Crippen LogP contribution in [0.25, 0.3) is 10.9 Å². The van der Waals surface area contributed by atoms with E-state index < -0.39 is 0 Å². The van der Waals surface area contributed by atoms with E-state index >= 15 is 0 Å². The molecule has 0 spiro atoms. The van der Waals surface area contributed by atoms with Gasteiger partial charge >= 0.3 is 0 Å². The zero-order valence-electron chi connectivity index (χ0n) is 20.0. The van der Waals surface area contributed by atoms with Crippen LogP contribution in [0, 0.1) is 0 Å². The summed E-state index contributed by atoms with van der Waals surface area (Å²) in [5, 5.41) is 3.95. The molecule has 8 heteroatoms. The van der Waals surface area contributed by atoms with Crippen molar-refractivity contribution in [1.29, 1.82) is 0 Å². The van der Waals surface area contributed by atoms with Crippen molar-refractivity contribution < 1.29 is 23.8 Å². The van der Waals surface area contributed by atoms with Gasteiger partial charge in [-0.1, -0.05) is 36.4 Å². The van der Waals surface area contributed by atoms with E-state index in [1.54, 1.807) is 12.0 Å². The Morgan fingerprint density at radius 3 is 2.64 bits per heavy atom. The van der Waals surface area contributed by atoms with Crippen LogP contribution in [0.3, 0.4) is 0 Å². The average molecular weight is 484 g/mol. The summed E-state index contributed by atoms with van der Waals surface area (Å²) in [4.78, 5) is 28.4. The second-order valence-corrected chi connectivity index (χ2v) is 8.91. The standard InChI is InChI=1S/C28H25N3O5/c1-30-21-6-4-3-5-20(21)25-26(18-8-10-19(34-2)11-9-18)31(28(33)27(25)30)15-24(32)29-14-17-7-12-22-23(13-17)36-16-35-22/h3-13,26H,14-16H2,1-2H3,(H,29,32)/t26-/m1/s1. The molecule has 6 rings (SSSR count). The molecule has 3 aromatic carbocycles. The molecule has 0 aliphatic carbocycles. The first kappa shape index (κ1) is 22.0. The van der Waals surface area contributed by atoms with Crippen molar-refractivity contribution in [1.82, 2.24) is 14.8 Å². The number of nitrogens with zero attached hydrogens (tertiary/aromatic N) is 2. The molecule has 2 aliphatic rings. The van der Waals surface area contributed by atoms with E-state index in [1.165, 1.54) is 0 Å². The van der Waals surface area contributed by atoms with Gasteiger partial charge in [0.05, 0.1) is 13.2 Å². The first-order valence-corrected chi connectivity index (χ1v) is 11.7. The lowest BCUT2D eigenvalue weighted by Crippen LogP contribution is -2.39. The van der Waals surface area contributed by atoms with Crippen molar-refractivity contribution in [3.8, 4) is 17.2 Å². The third kappa shape index (κ3) is 3.53. The van der Waals surface area contributed by atoms with Crippen molar-refractivity contribution >= 4 is 22.7 Å². The minimum absolute atomic E-state index is 0.0664. The van der Waals surface area contributed by atoms with Crippen LogP contribution in [-0.2, 0) is 18.4 Å². The van der Waals surface area contributed by atoms with Gasteiger partial charge < -0.3 is 29.0 Å². The highest BCUT2D eigenvalue weighted by Gasteiger charge is 2.42. The van der Waals surface area contributed by atoms with Crippen molar-refractivity contribution in [3.05, 3.63) is 89.1 Å². The fourth-order valence-electron chi connectivity index (χ4n) is 5.13. The number of carbonyl (C=O) groups excluding carboxylic acids is 2. The monoisotopic (exact) mass is 483 g/mol. The third-order valence-electron chi connectivity index (χ3n) is 6.87. The van der Waals surface area contributed by atoms with E-state index in [0.29, 0.717) is 23.7 Å². The van der Waals surface area contributed by atoms with Gasteiger partial charge in [-0.05, 0) is 41.5 Å². The van der Waals surface area contributed by atoms with Gasteiger partial charge in [-0.3, -0.25) is 9.59 Å². The number of benzene rings is 3. The Kier molecular flexibility index (Phi) is 5.29. The molecule has 36 heavy (non-hydrogen) atoms. The molecule has 4 aromatic rings. The summed E-state index contributed by atoms with van der Waals surface area (Å²) in [6, 6.07) is 20.8. The van der Waals surface area contributed by atoms with Gasteiger partial charge in [-0.25, -0.2) is 0 Å². The number of para-hydroxylation sites is 1. The molecule has 0 bridgehead atoms. The molecule has 0 saturated heterocycles. The van der Waals surface area contributed by atoms with Gasteiger partial charge in [0.15, 0.2) is 11.5 Å². The molecule has 3 heterocycles. The minimum Gasteiger partial charge on any atom is -0.497 e. The lowest BCUT2D eigenvalue weighted by Gasteiger charge is -2.26. The number of hydrogen-bond donors (Lipinski definition) is 1. The van der Waals surface area contributed by atoms with E-state index in [2.05, 4.69) is 5.32 Å². The number of carbonyl (C=O) groups is 2. The molecule has 0 fully saturated rings. The number of aryl methyl sites for hydroxylation is 1. The van der Waals surface area contributed by atoms with Crippen LogP contribution < -0.4 is 19.5 Å². The molecule has 1 atom stereocenters. The van der Waals surface area contributed by atoms with Crippen LogP contribution in [0.5, 0.6) is 17.2 Å². The highest BCUT2D eigenvalue weighted by molar-refractivity contribution is 6.07. The maximum Gasteiger partial charge on any atom is 0.272 e. The van der Waals surface area contributed by atoms with Crippen LogP contribution in [0.4, 0.5) is 0 Å². The molecule has 1 N–H and O–H groups in total. The van der Waals surface area contributed by atoms with Crippen molar-refractivity contribution in [2.24, 2.45) is 7.05 Å². The average Bonchev–Trinajstić information content (AvgIpc) is 3.57. The van der Waals surface area contributed by atoms with E-state index in [9.17, 15) is 9.59 Å². The number of nitrogens with one attached hydrogen (secondary N) is 1. The molecular formula is C28H25N3O5. The predicted molar refractivity (Wildman–Crippen MR) is 133 cm³/mol. The third-order valence-corrected chi connectivity index (χ3v) is 6.87. The van der Waals surface area contributed by atoms with Gasteiger partial charge in [0.2, 0.25) is 12.7 Å². The highest BCUT2D eigenvalue weighted by atomic mass is 16.7. The van der Waals surface area contributed by atoms with Gasteiger partial charge in [0.1, 0.15) is 18.0 Å². The summed E-state index contributed by atoms with van der Waals surface area (Å²) < 4.78 is 18.0. The topological polar surface area (TPSA) is 82.0 Å². The van der Waals surface area contributed by atoms with E-state index in [0.717, 1.165) is 33.3 Å². The smallest absolute Gasteiger partial charge is 0.272 e. The Bertz CT molecular complexity index is 1490. The second-order valence-electron chi connectivity index (χ2n) is 8.91. The Morgan fingerprint density at radius 1 is 1.06 bits per heavy atom. The van der Waals surface area contributed by atoms with Crippen LogP contribution in [0.2, 0.25) is 0 Å². The van der Waals surface area contributed by atoms with Crippen LogP contribution in [0.1, 0.15) is 33.2 Å². The molecule has 0 saturated carbocycles. The first-order chi connectivity index (χ1) is 17.5. The van der Waals surface area contributed by atoms with Crippen molar-refractivity contribution in [2.75, 3.05) is 20.4 Å². The van der Waals surface area contributed by atoms with E-state index in [-0.39, 0.29) is 31.2 Å². The number of ether oxygens (including phenoxy) is 3. The van der Waals surface area contributed by atoms with Crippen LogP contribution in [-0.4, -0.2) is 41.7 Å². The fraction of sp³-hybridized carbons (Fsp3) is 0.214. The van der Waals surface area contributed by atoms with Crippen LogP contribution in [0.15, 0.2) is 66.7 Å². The Hall–Kier alpha value is -4.46. The van der Waals surface area contributed by atoms with Gasteiger partial charge in [-0.2, -0.15) is 0 Å². The van der Waals surface area contributed by atoms with Gasteiger partial charge in [0.25, 0.3) is 5.91 Å². The summed E-state index contributed by atoms with van der Waals surface area (Å²) in [5.41, 5.74) is 4.33. The van der Waals surface area contributed by atoms with Gasteiger partial charge in [-0.15, -0.1) is 0 Å². The molecule has 2 amide bonds. The number of methoxy groups -OCH3 is 1. The molecule has 2 aliphatic heterocycles. The lowest BCUT2D eigenvalue weighted by atomic mass is 9.98. The maximum absolute atomic E-state index is 13.7. The number of rotatable bonds is 6. The number of amides is 2. The maximum atomic E-state index is 13.7. The first-order valence-electron chi connectivity index (χ1n) is 11.7. The summed E-state index contributed by atoms with van der Waals surface area (Å²) in [6.45, 7) is 0.452. The SMILES string of the molecule is COc1ccc([C@@H]2c3c(n(C)c4ccccc34)C(=O)N2CC(=O)NCc2ccc3c(c2)OCO3)cc1. The zero-order chi connectivity index (χ0) is 24.8. The minimum atomic E-state index is -0.388. The normalized spacial score (nSPS) is 15.9.